The molecule has 130 valence electrons. The second-order valence-electron chi connectivity index (χ2n) is 6.42. The van der Waals surface area contributed by atoms with E-state index in [1.165, 1.54) is 32.1 Å². The Bertz CT molecular complexity index is 697. The van der Waals surface area contributed by atoms with Crippen molar-refractivity contribution < 1.29 is 23.8 Å². The Hall–Kier alpha value is -2.17. The van der Waals surface area contributed by atoms with Crippen molar-refractivity contribution in [3.05, 3.63) is 24.0 Å². The Morgan fingerprint density at radius 2 is 2.08 bits per heavy atom. The Balaban J connectivity index is 1.69. The van der Waals surface area contributed by atoms with Gasteiger partial charge in [-0.15, -0.1) is 0 Å². The van der Waals surface area contributed by atoms with E-state index in [0.29, 0.717) is 29.1 Å². The lowest BCUT2D eigenvalue weighted by atomic mass is 9.86. The molecule has 24 heavy (non-hydrogen) atoms. The lowest BCUT2D eigenvalue weighted by Crippen LogP contribution is -2.09. The maximum atomic E-state index is 11.4. The average Bonchev–Trinajstić information content (AvgIpc) is 2.97. The van der Waals surface area contributed by atoms with Gasteiger partial charge >= 0.3 is 5.97 Å². The van der Waals surface area contributed by atoms with E-state index in [1.54, 1.807) is 25.3 Å². The molecule has 0 radical (unpaired) electrons. The fourth-order valence-corrected chi connectivity index (χ4v) is 3.49. The van der Waals surface area contributed by atoms with Gasteiger partial charge in [0.2, 0.25) is 0 Å². The highest BCUT2D eigenvalue weighted by Crippen LogP contribution is 2.36. The van der Waals surface area contributed by atoms with Crippen LogP contribution in [0.1, 0.15) is 55.5 Å². The topological polar surface area (TPSA) is 68.9 Å². The minimum Gasteiger partial charge on any atom is -0.497 e. The molecule has 1 aromatic carbocycles. The molecule has 2 aromatic rings. The molecule has 1 N–H and O–H groups in total. The summed E-state index contributed by atoms with van der Waals surface area (Å²) in [6, 6.07) is 5.20. The number of benzene rings is 1. The molecule has 1 aromatic heterocycles. The highest BCUT2D eigenvalue weighted by molar-refractivity contribution is 5.98. The van der Waals surface area contributed by atoms with Crippen molar-refractivity contribution >= 4 is 16.9 Å². The Morgan fingerprint density at radius 1 is 1.29 bits per heavy atom. The van der Waals surface area contributed by atoms with Crippen molar-refractivity contribution in [3.8, 4) is 11.5 Å². The van der Waals surface area contributed by atoms with Crippen LogP contribution in [-0.4, -0.2) is 24.8 Å². The number of carboxylic acid groups (broad SMARTS) is 1. The Kier molecular flexibility index (Phi) is 5.28. The minimum atomic E-state index is -1.12. The van der Waals surface area contributed by atoms with Gasteiger partial charge in [0.25, 0.3) is 5.76 Å². The maximum Gasteiger partial charge on any atom is 0.375 e. The van der Waals surface area contributed by atoms with Gasteiger partial charge in [-0.1, -0.05) is 32.1 Å². The minimum absolute atomic E-state index is 0.143. The van der Waals surface area contributed by atoms with Crippen molar-refractivity contribution in [2.24, 2.45) is 5.92 Å². The number of aromatic carboxylic acids is 1. The summed E-state index contributed by atoms with van der Waals surface area (Å²) in [5.41, 5.74) is 0.496. The van der Waals surface area contributed by atoms with Crippen molar-refractivity contribution in [2.75, 3.05) is 13.7 Å². The highest BCUT2D eigenvalue weighted by Gasteiger charge is 2.22. The van der Waals surface area contributed by atoms with Crippen LogP contribution in [0.5, 0.6) is 11.5 Å². The summed E-state index contributed by atoms with van der Waals surface area (Å²) in [5.74, 6) is 0.484. The molecule has 1 saturated carbocycles. The van der Waals surface area contributed by atoms with Gasteiger partial charge in [-0.3, -0.25) is 0 Å². The molecule has 0 atom stereocenters. The third-order valence-corrected chi connectivity index (χ3v) is 4.77. The lowest BCUT2D eigenvalue weighted by Gasteiger charge is -2.21. The third kappa shape index (κ3) is 3.66. The molecule has 1 aliphatic rings. The predicted molar refractivity (Wildman–Crippen MR) is 91.0 cm³/mol. The van der Waals surface area contributed by atoms with Crippen LogP contribution in [0.3, 0.4) is 0 Å². The fraction of sp³-hybridized carbons (Fsp3) is 0.526. The summed E-state index contributed by atoms with van der Waals surface area (Å²) in [4.78, 5) is 11.4. The number of methoxy groups -OCH3 is 1. The largest absolute Gasteiger partial charge is 0.497 e. The van der Waals surface area contributed by atoms with Crippen LogP contribution in [0.25, 0.3) is 11.0 Å². The summed E-state index contributed by atoms with van der Waals surface area (Å²) < 4.78 is 16.4. The van der Waals surface area contributed by atoms with E-state index in [2.05, 4.69) is 0 Å². The standard InChI is InChI=1S/C19H24O5/c1-22-14-9-10-16-15(12-14)17(18(24-16)19(20)21)23-11-5-8-13-6-3-2-4-7-13/h9-10,12-13H,2-8,11H2,1H3,(H,20,21). The maximum absolute atomic E-state index is 11.4. The second kappa shape index (κ2) is 7.60. The summed E-state index contributed by atoms with van der Waals surface area (Å²) in [6.07, 6.45) is 8.72. The van der Waals surface area contributed by atoms with E-state index in [1.807, 2.05) is 0 Å². The number of hydrogen-bond donors (Lipinski definition) is 1. The van der Waals surface area contributed by atoms with Gasteiger partial charge in [0.05, 0.1) is 19.1 Å². The van der Waals surface area contributed by atoms with E-state index < -0.39 is 5.97 Å². The van der Waals surface area contributed by atoms with E-state index in [4.69, 9.17) is 13.9 Å². The second-order valence-corrected chi connectivity index (χ2v) is 6.42. The number of hydrogen-bond acceptors (Lipinski definition) is 4. The summed E-state index contributed by atoms with van der Waals surface area (Å²) in [6.45, 7) is 0.503. The molecule has 5 heteroatoms. The van der Waals surface area contributed by atoms with Gasteiger partial charge in [0.15, 0.2) is 5.75 Å². The normalized spacial score (nSPS) is 15.5. The molecule has 0 spiro atoms. The van der Waals surface area contributed by atoms with Crippen molar-refractivity contribution in [3.63, 3.8) is 0 Å². The van der Waals surface area contributed by atoms with E-state index in [9.17, 15) is 9.90 Å². The summed E-state index contributed by atoms with van der Waals surface area (Å²) in [7, 11) is 1.57. The molecular formula is C19H24O5. The SMILES string of the molecule is COc1ccc2oc(C(=O)O)c(OCCCC3CCCCC3)c2c1. The van der Waals surface area contributed by atoms with Crippen LogP contribution in [0.15, 0.2) is 22.6 Å². The smallest absolute Gasteiger partial charge is 0.375 e. The van der Waals surface area contributed by atoms with E-state index >= 15 is 0 Å². The molecule has 0 saturated heterocycles. The number of furan rings is 1. The zero-order valence-corrected chi connectivity index (χ0v) is 14.0. The predicted octanol–water partition coefficient (Wildman–Crippen LogP) is 4.88. The van der Waals surface area contributed by atoms with Gasteiger partial charge < -0.3 is 19.0 Å². The number of ether oxygens (including phenoxy) is 2. The third-order valence-electron chi connectivity index (χ3n) is 4.77. The van der Waals surface area contributed by atoms with Crippen LogP contribution in [-0.2, 0) is 0 Å². The fourth-order valence-electron chi connectivity index (χ4n) is 3.49. The van der Waals surface area contributed by atoms with Gasteiger partial charge in [-0.25, -0.2) is 4.79 Å². The monoisotopic (exact) mass is 332 g/mol. The molecule has 5 nitrogen and oxygen atoms in total. The number of fused-ring (bicyclic) bond motifs is 1. The van der Waals surface area contributed by atoms with Gasteiger partial charge in [-0.05, 0) is 37.0 Å². The van der Waals surface area contributed by atoms with Crippen LogP contribution >= 0.6 is 0 Å². The Labute approximate surface area is 141 Å². The summed E-state index contributed by atoms with van der Waals surface area (Å²) in [5, 5.41) is 9.99. The molecule has 0 amide bonds. The van der Waals surface area contributed by atoms with Crippen LogP contribution in [0.2, 0.25) is 0 Å². The molecule has 1 aliphatic carbocycles. The lowest BCUT2D eigenvalue weighted by molar-refractivity contribution is 0.0658. The van der Waals surface area contributed by atoms with E-state index in [-0.39, 0.29) is 5.76 Å². The van der Waals surface area contributed by atoms with Crippen molar-refractivity contribution in [2.45, 2.75) is 44.9 Å². The zero-order valence-electron chi connectivity index (χ0n) is 14.0. The first-order valence-electron chi connectivity index (χ1n) is 8.65. The van der Waals surface area contributed by atoms with Crippen LogP contribution < -0.4 is 9.47 Å². The Morgan fingerprint density at radius 3 is 2.79 bits per heavy atom. The molecule has 0 bridgehead atoms. The molecule has 0 unspecified atom stereocenters. The molecule has 1 fully saturated rings. The van der Waals surface area contributed by atoms with Gasteiger partial charge in [0, 0.05) is 0 Å². The van der Waals surface area contributed by atoms with Crippen molar-refractivity contribution in [1.29, 1.82) is 0 Å². The first-order valence-corrected chi connectivity index (χ1v) is 8.65. The molecule has 0 aliphatic heterocycles. The summed E-state index contributed by atoms with van der Waals surface area (Å²) >= 11 is 0. The van der Waals surface area contributed by atoms with Crippen molar-refractivity contribution in [1.82, 2.24) is 0 Å². The zero-order chi connectivity index (χ0) is 16.9. The van der Waals surface area contributed by atoms with E-state index in [0.717, 1.165) is 18.8 Å². The van der Waals surface area contributed by atoms with Gasteiger partial charge in [0.1, 0.15) is 11.3 Å². The molecular weight excluding hydrogens is 308 g/mol. The first-order chi connectivity index (χ1) is 11.7. The molecule has 3 rings (SSSR count). The van der Waals surface area contributed by atoms with Gasteiger partial charge in [-0.2, -0.15) is 0 Å². The first kappa shape index (κ1) is 16.7. The number of carboxylic acids is 1. The number of carbonyl (C=O) groups is 1. The number of rotatable bonds is 7. The average molecular weight is 332 g/mol. The quantitative estimate of drug-likeness (QED) is 0.732. The highest BCUT2D eigenvalue weighted by atomic mass is 16.5. The van der Waals surface area contributed by atoms with Crippen LogP contribution in [0.4, 0.5) is 0 Å². The molecule has 1 heterocycles. The van der Waals surface area contributed by atoms with Crippen LogP contribution in [0, 0.1) is 5.92 Å².